The zero-order valence-electron chi connectivity index (χ0n) is 16.2. The molecule has 2 aromatic carbocycles. The van der Waals surface area contributed by atoms with Crippen LogP contribution in [0.15, 0.2) is 88.4 Å². The maximum absolute atomic E-state index is 13.0. The third kappa shape index (κ3) is 3.62. The summed E-state index contributed by atoms with van der Waals surface area (Å²) in [5.74, 6) is 0.185. The van der Waals surface area contributed by atoms with E-state index in [1.54, 1.807) is 23.0 Å². The average molecular weight is 474 g/mol. The van der Waals surface area contributed by atoms with E-state index in [2.05, 4.69) is 26.2 Å². The van der Waals surface area contributed by atoms with Gasteiger partial charge in [-0.15, -0.1) is 0 Å². The number of amides is 1. The molecule has 0 atom stereocenters. The zero-order chi connectivity index (χ0) is 21.4. The summed E-state index contributed by atoms with van der Waals surface area (Å²) in [5, 5.41) is 2.89. The van der Waals surface area contributed by atoms with E-state index >= 15 is 0 Å². The van der Waals surface area contributed by atoms with E-state index in [4.69, 9.17) is 4.98 Å². The number of nitrogens with zero attached hydrogens (tertiary/aromatic N) is 4. The summed E-state index contributed by atoms with van der Waals surface area (Å²) in [7, 11) is 0. The van der Waals surface area contributed by atoms with Crippen LogP contribution in [0.1, 0.15) is 0 Å². The van der Waals surface area contributed by atoms with Crippen LogP contribution in [0.25, 0.3) is 28.1 Å². The molecule has 31 heavy (non-hydrogen) atoms. The van der Waals surface area contributed by atoms with Crippen LogP contribution in [0, 0.1) is 0 Å². The molecule has 1 N–H and O–H groups in total. The number of aromatic nitrogens is 4. The van der Waals surface area contributed by atoms with Crippen molar-refractivity contribution in [3.05, 3.63) is 94.0 Å². The first kappa shape index (κ1) is 19.2. The number of benzene rings is 2. The lowest BCUT2D eigenvalue weighted by atomic mass is 10.2. The summed E-state index contributed by atoms with van der Waals surface area (Å²) in [6, 6.07) is 19.9. The van der Waals surface area contributed by atoms with Gasteiger partial charge in [0.05, 0.1) is 16.7 Å². The van der Waals surface area contributed by atoms with Crippen LogP contribution < -0.4 is 10.9 Å². The van der Waals surface area contributed by atoms with Gasteiger partial charge in [-0.05, 0) is 48.5 Å². The molecule has 0 spiro atoms. The van der Waals surface area contributed by atoms with Gasteiger partial charge in [0.25, 0.3) is 5.56 Å². The summed E-state index contributed by atoms with van der Waals surface area (Å²) in [6.45, 7) is 0.00993. The van der Waals surface area contributed by atoms with Crippen LogP contribution in [0.4, 0.5) is 5.69 Å². The Morgan fingerprint density at radius 1 is 1.00 bits per heavy atom. The van der Waals surface area contributed by atoms with Crippen molar-refractivity contribution < 1.29 is 4.79 Å². The Kier molecular flexibility index (Phi) is 4.83. The molecule has 152 valence electrons. The smallest absolute Gasteiger partial charge is 0.260 e. The second kappa shape index (κ2) is 7.81. The fourth-order valence-electron chi connectivity index (χ4n) is 3.56. The molecule has 0 bridgehead atoms. The second-order valence-corrected chi connectivity index (χ2v) is 7.90. The quantitative estimate of drug-likeness (QED) is 0.425. The van der Waals surface area contributed by atoms with Crippen LogP contribution in [0.3, 0.4) is 0 Å². The molecular formula is C23H16BrN5O2. The normalized spacial score (nSPS) is 11.1. The Balaban J connectivity index is 1.63. The van der Waals surface area contributed by atoms with Crippen molar-refractivity contribution in [3.63, 3.8) is 0 Å². The largest absolute Gasteiger partial charge is 0.325 e. The van der Waals surface area contributed by atoms with E-state index in [1.165, 1.54) is 10.5 Å². The first-order valence-corrected chi connectivity index (χ1v) is 10.4. The minimum atomic E-state index is -0.216. The number of nitrogens with one attached hydrogen (secondary N) is 1. The Hall–Kier alpha value is -3.78. The summed E-state index contributed by atoms with van der Waals surface area (Å²) in [5.41, 5.74) is 3.17. The first-order chi connectivity index (χ1) is 15.1. The number of carbonyl (C=O) groups excluding carboxylic acids is 1. The van der Waals surface area contributed by atoms with Gasteiger partial charge in [0.2, 0.25) is 11.7 Å². The molecule has 0 aliphatic rings. The summed E-state index contributed by atoms with van der Waals surface area (Å²) < 4.78 is 4.21. The Bertz CT molecular complexity index is 1470. The predicted octanol–water partition coefficient (Wildman–Crippen LogP) is 4.11. The Morgan fingerprint density at radius 3 is 2.52 bits per heavy atom. The van der Waals surface area contributed by atoms with Gasteiger partial charge in [-0.2, -0.15) is 0 Å². The Morgan fingerprint density at radius 2 is 1.77 bits per heavy atom. The molecule has 0 saturated heterocycles. The minimum absolute atomic E-state index is 0.00993. The molecular weight excluding hydrogens is 458 g/mol. The highest BCUT2D eigenvalue weighted by atomic mass is 79.9. The minimum Gasteiger partial charge on any atom is -0.325 e. The molecule has 0 unspecified atom stereocenters. The van der Waals surface area contributed by atoms with E-state index in [9.17, 15) is 9.59 Å². The number of imidazole rings is 1. The number of para-hydroxylation sites is 2. The van der Waals surface area contributed by atoms with Crippen LogP contribution >= 0.6 is 15.9 Å². The topological polar surface area (TPSA) is 81.3 Å². The van der Waals surface area contributed by atoms with Gasteiger partial charge in [-0.1, -0.05) is 28.1 Å². The van der Waals surface area contributed by atoms with Gasteiger partial charge < -0.3 is 9.88 Å². The highest BCUT2D eigenvalue weighted by Gasteiger charge is 2.17. The molecule has 0 fully saturated rings. The van der Waals surface area contributed by atoms with E-state index in [0.29, 0.717) is 22.7 Å². The van der Waals surface area contributed by atoms with E-state index < -0.39 is 0 Å². The van der Waals surface area contributed by atoms with Gasteiger partial charge >= 0.3 is 0 Å². The molecule has 1 amide bonds. The number of hydrogen-bond donors (Lipinski definition) is 1. The van der Waals surface area contributed by atoms with Gasteiger partial charge in [-0.25, -0.2) is 9.38 Å². The SMILES string of the molecule is O=C(Cn1c2ccccc2n2c(=O)cc(-c3cccnc3)nc12)Nc1ccc(Br)cc1. The van der Waals surface area contributed by atoms with Crippen molar-refractivity contribution in [1.29, 1.82) is 0 Å². The summed E-state index contributed by atoms with van der Waals surface area (Å²) >= 11 is 3.39. The Labute approximate surface area is 185 Å². The van der Waals surface area contributed by atoms with Crippen molar-refractivity contribution in [2.45, 2.75) is 6.54 Å². The maximum atomic E-state index is 13.0. The van der Waals surface area contributed by atoms with E-state index in [0.717, 1.165) is 15.6 Å². The van der Waals surface area contributed by atoms with Gasteiger partial charge in [0, 0.05) is 34.2 Å². The monoisotopic (exact) mass is 473 g/mol. The number of fused-ring (bicyclic) bond motifs is 3. The fourth-order valence-corrected chi connectivity index (χ4v) is 3.83. The van der Waals surface area contributed by atoms with Crippen LogP contribution in [0.5, 0.6) is 0 Å². The number of hydrogen-bond acceptors (Lipinski definition) is 4. The van der Waals surface area contributed by atoms with Crippen LogP contribution in [0.2, 0.25) is 0 Å². The van der Waals surface area contributed by atoms with Gasteiger partial charge in [0.1, 0.15) is 6.54 Å². The third-order valence-corrected chi connectivity index (χ3v) is 5.47. The lowest BCUT2D eigenvalue weighted by Gasteiger charge is -2.08. The molecule has 5 aromatic rings. The number of rotatable bonds is 4. The van der Waals surface area contributed by atoms with Crippen LogP contribution in [-0.4, -0.2) is 24.8 Å². The van der Waals surface area contributed by atoms with Crippen LogP contribution in [-0.2, 0) is 11.3 Å². The predicted molar refractivity (Wildman–Crippen MR) is 123 cm³/mol. The second-order valence-electron chi connectivity index (χ2n) is 6.99. The van der Waals surface area contributed by atoms with Crippen molar-refractivity contribution >= 4 is 44.3 Å². The van der Waals surface area contributed by atoms with Gasteiger partial charge in [0.15, 0.2) is 0 Å². The molecule has 5 rings (SSSR count). The molecule has 0 radical (unpaired) electrons. The standard InChI is InChI=1S/C23H16BrN5O2/c24-16-7-9-17(10-8-16)26-21(30)14-28-19-5-1-2-6-20(19)29-22(31)12-18(27-23(28)29)15-4-3-11-25-13-15/h1-13H,14H2,(H,26,30). The zero-order valence-corrected chi connectivity index (χ0v) is 17.8. The van der Waals surface area contributed by atoms with E-state index in [1.807, 2.05) is 54.6 Å². The molecule has 0 aliphatic carbocycles. The van der Waals surface area contributed by atoms with E-state index in [-0.39, 0.29) is 18.0 Å². The molecule has 0 aliphatic heterocycles. The summed E-state index contributed by atoms with van der Waals surface area (Å²) in [4.78, 5) is 34.6. The molecule has 3 heterocycles. The third-order valence-electron chi connectivity index (χ3n) is 4.94. The highest BCUT2D eigenvalue weighted by Crippen LogP contribution is 2.22. The fraction of sp³-hybridized carbons (Fsp3) is 0.0435. The van der Waals surface area contributed by atoms with Crippen molar-refractivity contribution in [1.82, 2.24) is 18.9 Å². The average Bonchev–Trinajstić information content (AvgIpc) is 3.10. The molecule has 7 nitrogen and oxygen atoms in total. The number of carbonyl (C=O) groups is 1. The number of pyridine rings is 1. The van der Waals surface area contributed by atoms with Crippen molar-refractivity contribution in [3.8, 4) is 11.3 Å². The number of halogens is 1. The molecule has 0 saturated carbocycles. The first-order valence-electron chi connectivity index (χ1n) is 9.57. The lowest BCUT2D eigenvalue weighted by Crippen LogP contribution is -2.20. The number of anilines is 1. The summed E-state index contributed by atoms with van der Waals surface area (Å²) in [6.07, 6.45) is 3.32. The van der Waals surface area contributed by atoms with Crippen molar-refractivity contribution in [2.75, 3.05) is 5.32 Å². The highest BCUT2D eigenvalue weighted by molar-refractivity contribution is 9.10. The van der Waals surface area contributed by atoms with Gasteiger partial charge in [-0.3, -0.25) is 14.6 Å². The van der Waals surface area contributed by atoms with Crippen molar-refractivity contribution in [2.24, 2.45) is 0 Å². The maximum Gasteiger partial charge on any atom is 0.260 e. The molecule has 3 aromatic heterocycles. The lowest BCUT2D eigenvalue weighted by molar-refractivity contribution is -0.116. The molecule has 8 heteroatoms.